The van der Waals surface area contributed by atoms with Gasteiger partial charge in [-0.15, -0.1) is 0 Å². The van der Waals surface area contributed by atoms with E-state index in [0.29, 0.717) is 19.7 Å². The molecule has 1 saturated heterocycles. The van der Waals surface area contributed by atoms with Gasteiger partial charge in [-0.05, 0) is 48.9 Å². The van der Waals surface area contributed by atoms with Crippen LogP contribution in [0.25, 0.3) is 21.8 Å². The van der Waals surface area contributed by atoms with Gasteiger partial charge in [-0.3, -0.25) is 14.8 Å². The molecule has 0 aliphatic carbocycles. The van der Waals surface area contributed by atoms with Crippen LogP contribution in [-0.2, 0) is 22.6 Å². The summed E-state index contributed by atoms with van der Waals surface area (Å²) in [6.07, 6.45) is 2.91. The highest BCUT2D eigenvalue weighted by Gasteiger charge is 2.36. The summed E-state index contributed by atoms with van der Waals surface area (Å²) in [5.74, 6) is 0. The molecule has 2 aromatic heterocycles. The lowest BCUT2D eigenvalue weighted by molar-refractivity contribution is -0.120. The number of aromatic nitrogens is 2. The van der Waals surface area contributed by atoms with Crippen LogP contribution in [0, 0.1) is 0 Å². The average molecular weight is 506 g/mol. The Morgan fingerprint density at radius 1 is 1.14 bits per heavy atom. The number of nitrogens with zero attached hydrogens (tertiary/aromatic N) is 3. The lowest BCUT2D eigenvalue weighted by Crippen LogP contribution is -2.61. The van der Waals surface area contributed by atoms with Crippen LogP contribution < -0.4 is 5.32 Å². The number of ether oxygens (including phenoxy) is 1. The van der Waals surface area contributed by atoms with Crippen molar-refractivity contribution in [3.63, 3.8) is 0 Å². The third-order valence-electron chi connectivity index (χ3n) is 7.01. The van der Waals surface area contributed by atoms with E-state index in [1.54, 1.807) is 7.11 Å². The summed E-state index contributed by atoms with van der Waals surface area (Å²) in [4.78, 5) is 25.1. The molecule has 7 nitrogen and oxygen atoms in total. The van der Waals surface area contributed by atoms with Gasteiger partial charge in [-0.1, -0.05) is 23.7 Å². The first-order valence-corrected chi connectivity index (χ1v) is 12.8. The van der Waals surface area contributed by atoms with Crippen molar-refractivity contribution in [2.24, 2.45) is 0 Å². The summed E-state index contributed by atoms with van der Waals surface area (Å²) in [7, 11) is 1.70. The van der Waals surface area contributed by atoms with Gasteiger partial charge in [0.2, 0.25) is 0 Å². The molecule has 1 fully saturated rings. The fraction of sp³-hybridized carbons (Fsp3) is 0.357. The predicted molar refractivity (Wildman–Crippen MR) is 146 cm³/mol. The van der Waals surface area contributed by atoms with E-state index in [1.165, 1.54) is 0 Å². The van der Waals surface area contributed by atoms with E-state index in [0.717, 1.165) is 69.7 Å². The lowest BCUT2D eigenvalue weighted by atomic mass is 10.0. The lowest BCUT2D eigenvalue weighted by Gasteiger charge is -2.45. The van der Waals surface area contributed by atoms with Gasteiger partial charge in [0.05, 0.1) is 24.2 Å². The van der Waals surface area contributed by atoms with Crippen LogP contribution in [0.4, 0.5) is 5.69 Å². The third kappa shape index (κ3) is 5.11. The standard InChI is InChI=1S/C28H32ClN5O2/c1-3-30-25-8-9-31-26-12-19(4-6-23(25)26)15-33-10-11-34(28(18-36-2)27(33)17-35)16-22-14-20-13-21(29)5-7-24(20)32-22/h4-9,12-14,17,27-28,32H,3,10-11,15-16,18H2,1-2H3,(H,30,31)/t27?,28-/m1/s1. The summed E-state index contributed by atoms with van der Waals surface area (Å²) in [6.45, 7) is 6.46. The van der Waals surface area contributed by atoms with Gasteiger partial charge >= 0.3 is 0 Å². The molecule has 2 atom stereocenters. The number of aromatic amines is 1. The molecular formula is C28H32ClN5O2. The SMILES string of the molecule is CCNc1ccnc2cc(CN3CCN(Cc4cc5cc(Cl)ccc5[nH]4)[C@H](COC)C3C=O)ccc12. The highest BCUT2D eigenvalue weighted by atomic mass is 35.5. The van der Waals surface area contributed by atoms with Crippen molar-refractivity contribution in [3.05, 3.63) is 71.0 Å². The van der Waals surface area contributed by atoms with Crippen molar-refractivity contribution in [3.8, 4) is 0 Å². The van der Waals surface area contributed by atoms with Gasteiger partial charge in [0.1, 0.15) is 6.29 Å². The molecule has 0 amide bonds. The minimum Gasteiger partial charge on any atom is -0.385 e. The molecule has 0 spiro atoms. The summed E-state index contributed by atoms with van der Waals surface area (Å²) >= 11 is 6.17. The van der Waals surface area contributed by atoms with Gasteiger partial charge in [0.15, 0.2) is 0 Å². The van der Waals surface area contributed by atoms with E-state index < -0.39 is 0 Å². The predicted octanol–water partition coefficient (Wildman–Crippen LogP) is 4.70. The number of hydrogen-bond acceptors (Lipinski definition) is 6. The van der Waals surface area contributed by atoms with Crippen LogP contribution in [0.15, 0.2) is 54.7 Å². The zero-order valence-corrected chi connectivity index (χ0v) is 21.5. The molecule has 8 heteroatoms. The van der Waals surface area contributed by atoms with Crippen molar-refractivity contribution in [2.45, 2.75) is 32.1 Å². The molecule has 1 unspecified atom stereocenters. The van der Waals surface area contributed by atoms with Gasteiger partial charge in [-0.25, -0.2) is 0 Å². The quantitative estimate of drug-likeness (QED) is 0.321. The van der Waals surface area contributed by atoms with Crippen molar-refractivity contribution < 1.29 is 9.53 Å². The molecule has 2 N–H and O–H groups in total. The van der Waals surface area contributed by atoms with E-state index in [9.17, 15) is 4.79 Å². The highest BCUT2D eigenvalue weighted by Crippen LogP contribution is 2.27. The van der Waals surface area contributed by atoms with Crippen molar-refractivity contribution in [1.82, 2.24) is 19.8 Å². The molecule has 0 saturated carbocycles. The van der Waals surface area contributed by atoms with Crippen LogP contribution in [0.1, 0.15) is 18.2 Å². The molecule has 4 aromatic rings. The van der Waals surface area contributed by atoms with Crippen LogP contribution in [0.2, 0.25) is 5.02 Å². The Hall–Kier alpha value is -2.97. The molecular weight excluding hydrogens is 474 g/mol. The number of aldehydes is 1. The fourth-order valence-electron chi connectivity index (χ4n) is 5.30. The summed E-state index contributed by atoms with van der Waals surface area (Å²) in [6, 6.07) is 16.1. The number of H-pyrrole nitrogens is 1. The second-order valence-electron chi connectivity index (χ2n) is 9.36. The van der Waals surface area contributed by atoms with Crippen LogP contribution in [-0.4, -0.2) is 71.5 Å². The molecule has 1 aliphatic heterocycles. The molecule has 5 rings (SSSR count). The number of carbonyl (C=O) groups is 1. The Morgan fingerprint density at radius 3 is 2.81 bits per heavy atom. The minimum atomic E-state index is -0.269. The number of benzene rings is 2. The van der Waals surface area contributed by atoms with Gasteiger partial charge in [0, 0.05) is 78.7 Å². The van der Waals surface area contributed by atoms with E-state index >= 15 is 0 Å². The smallest absolute Gasteiger partial charge is 0.138 e. The summed E-state index contributed by atoms with van der Waals surface area (Å²) in [5.41, 5.74) is 5.36. The maximum Gasteiger partial charge on any atom is 0.138 e. The normalized spacial score (nSPS) is 19.2. The minimum absolute atomic E-state index is 0.0461. The molecule has 2 aromatic carbocycles. The van der Waals surface area contributed by atoms with E-state index in [2.05, 4.69) is 56.3 Å². The maximum atomic E-state index is 12.4. The largest absolute Gasteiger partial charge is 0.385 e. The Kier molecular flexibility index (Phi) is 7.53. The molecule has 36 heavy (non-hydrogen) atoms. The van der Waals surface area contributed by atoms with Crippen molar-refractivity contribution in [2.75, 3.05) is 38.7 Å². The third-order valence-corrected chi connectivity index (χ3v) is 7.24. The Labute approximate surface area is 216 Å². The van der Waals surface area contributed by atoms with Crippen LogP contribution in [0.3, 0.4) is 0 Å². The van der Waals surface area contributed by atoms with Crippen molar-refractivity contribution in [1.29, 1.82) is 0 Å². The topological polar surface area (TPSA) is 73.5 Å². The maximum absolute atomic E-state index is 12.4. The number of pyridine rings is 1. The van der Waals surface area contributed by atoms with Gasteiger partial charge in [-0.2, -0.15) is 0 Å². The number of fused-ring (bicyclic) bond motifs is 2. The number of anilines is 1. The summed E-state index contributed by atoms with van der Waals surface area (Å²) < 4.78 is 5.58. The number of halogens is 1. The first-order valence-electron chi connectivity index (χ1n) is 12.4. The zero-order valence-electron chi connectivity index (χ0n) is 20.7. The fourth-order valence-corrected chi connectivity index (χ4v) is 5.48. The molecule has 0 radical (unpaired) electrons. The Balaban J connectivity index is 1.34. The second-order valence-corrected chi connectivity index (χ2v) is 9.79. The number of hydrogen-bond donors (Lipinski definition) is 2. The number of rotatable bonds is 9. The first kappa shape index (κ1) is 24.7. The first-order chi connectivity index (χ1) is 17.6. The van der Waals surface area contributed by atoms with Crippen LogP contribution >= 0.6 is 11.6 Å². The monoisotopic (exact) mass is 505 g/mol. The highest BCUT2D eigenvalue weighted by molar-refractivity contribution is 6.31. The van der Waals surface area contributed by atoms with E-state index in [1.807, 2.05) is 30.5 Å². The second kappa shape index (κ2) is 11.0. The summed E-state index contributed by atoms with van der Waals surface area (Å²) in [5, 5.41) is 6.32. The van der Waals surface area contributed by atoms with Gasteiger partial charge < -0.3 is 19.8 Å². The molecule has 3 heterocycles. The van der Waals surface area contributed by atoms with Gasteiger partial charge in [0.25, 0.3) is 0 Å². The Bertz CT molecular complexity index is 1360. The van der Waals surface area contributed by atoms with E-state index in [-0.39, 0.29) is 12.1 Å². The Morgan fingerprint density at radius 2 is 2.00 bits per heavy atom. The average Bonchev–Trinajstić information content (AvgIpc) is 3.27. The molecule has 188 valence electrons. The van der Waals surface area contributed by atoms with Crippen LogP contribution in [0.5, 0.6) is 0 Å². The number of methoxy groups -OCH3 is 1. The molecule has 0 bridgehead atoms. The molecule has 1 aliphatic rings. The van der Waals surface area contributed by atoms with E-state index in [4.69, 9.17) is 16.3 Å². The number of carbonyl (C=O) groups excluding carboxylic acids is 1. The number of nitrogens with one attached hydrogen (secondary N) is 2. The van der Waals surface area contributed by atoms with Crippen molar-refractivity contribution >= 4 is 45.4 Å². The number of piperazine rings is 1. The zero-order chi connectivity index (χ0) is 25.1.